The lowest BCUT2D eigenvalue weighted by Gasteiger charge is -2.23. The molecule has 0 aliphatic rings. The van der Waals surface area contributed by atoms with Crippen LogP contribution in [0.25, 0.3) is 0 Å². The third-order valence-corrected chi connectivity index (χ3v) is 4.82. The van der Waals surface area contributed by atoms with Crippen LogP contribution in [0.1, 0.15) is 17.5 Å². The van der Waals surface area contributed by atoms with Gasteiger partial charge >= 0.3 is 0 Å². The maximum absolute atomic E-state index is 12.2. The number of anilines is 1. The van der Waals surface area contributed by atoms with Crippen molar-refractivity contribution >= 4 is 15.7 Å². The molecule has 0 heterocycles. The summed E-state index contributed by atoms with van der Waals surface area (Å²) in [4.78, 5) is 0. The molecule has 0 aromatic heterocycles. The Morgan fingerprint density at radius 3 is 2.28 bits per heavy atom. The summed E-state index contributed by atoms with van der Waals surface area (Å²) in [5.74, 6) is 0.165. The molecule has 4 nitrogen and oxygen atoms in total. The van der Waals surface area contributed by atoms with Crippen molar-refractivity contribution in [2.24, 2.45) is 0 Å². The van der Waals surface area contributed by atoms with Crippen molar-refractivity contribution in [3.05, 3.63) is 29.3 Å². The van der Waals surface area contributed by atoms with Crippen LogP contribution in [0.3, 0.4) is 0 Å². The zero-order chi connectivity index (χ0) is 13.8. The van der Waals surface area contributed by atoms with Crippen LogP contribution < -0.4 is 9.62 Å². The SMILES string of the molecule is CNCCCS(=O)(=O)N(C)c1c(C)cccc1C. The van der Waals surface area contributed by atoms with Gasteiger partial charge in [0.2, 0.25) is 10.0 Å². The zero-order valence-corrected chi connectivity index (χ0v) is 12.3. The number of aryl methyl sites for hydroxylation is 2. The minimum absolute atomic E-state index is 0.165. The predicted octanol–water partition coefficient (Wildman–Crippen LogP) is 1.68. The highest BCUT2D eigenvalue weighted by Crippen LogP contribution is 2.25. The monoisotopic (exact) mass is 270 g/mol. The van der Waals surface area contributed by atoms with E-state index in [1.807, 2.05) is 39.1 Å². The van der Waals surface area contributed by atoms with Gasteiger partial charge in [-0.3, -0.25) is 4.31 Å². The summed E-state index contributed by atoms with van der Waals surface area (Å²) in [5, 5.41) is 2.96. The average Bonchev–Trinajstić information content (AvgIpc) is 2.28. The number of para-hydroxylation sites is 1. The third kappa shape index (κ3) is 3.46. The van der Waals surface area contributed by atoms with Crippen LogP contribution in [0.15, 0.2) is 18.2 Å². The van der Waals surface area contributed by atoms with E-state index in [-0.39, 0.29) is 5.75 Å². The Morgan fingerprint density at radius 1 is 1.22 bits per heavy atom. The van der Waals surface area contributed by atoms with Crippen LogP contribution >= 0.6 is 0 Å². The quantitative estimate of drug-likeness (QED) is 0.800. The second-order valence-electron chi connectivity index (χ2n) is 4.48. The van der Waals surface area contributed by atoms with Crippen molar-refractivity contribution in [1.29, 1.82) is 0 Å². The van der Waals surface area contributed by atoms with Gasteiger partial charge in [-0.2, -0.15) is 0 Å². The molecule has 1 aromatic rings. The first kappa shape index (κ1) is 15.0. The number of benzene rings is 1. The van der Waals surface area contributed by atoms with E-state index in [1.54, 1.807) is 7.05 Å². The third-order valence-electron chi connectivity index (χ3n) is 3.00. The highest BCUT2D eigenvalue weighted by atomic mass is 32.2. The zero-order valence-electron chi connectivity index (χ0n) is 11.5. The topological polar surface area (TPSA) is 49.4 Å². The number of nitrogens with one attached hydrogen (secondary N) is 1. The highest BCUT2D eigenvalue weighted by Gasteiger charge is 2.20. The summed E-state index contributed by atoms with van der Waals surface area (Å²) in [6, 6.07) is 5.81. The summed E-state index contributed by atoms with van der Waals surface area (Å²) < 4.78 is 25.8. The molecule has 5 heteroatoms. The van der Waals surface area contributed by atoms with E-state index in [1.165, 1.54) is 4.31 Å². The summed E-state index contributed by atoms with van der Waals surface area (Å²) in [7, 11) is 0.213. The van der Waals surface area contributed by atoms with Crippen LogP contribution in [-0.2, 0) is 10.0 Å². The number of sulfonamides is 1. The van der Waals surface area contributed by atoms with E-state index in [0.717, 1.165) is 16.8 Å². The van der Waals surface area contributed by atoms with Gasteiger partial charge in [0.1, 0.15) is 0 Å². The lowest BCUT2D eigenvalue weighted by molar-refractivity contribution is 0.590. The first-order valence-corrected chi connectivity index (χ1v) is 7.68. The van der Waals surface area contributed by atoms with Crippen LogP contribution in [-0.4, -0.2) is 34.8 Å². The van der Waals surface area contributed by atoms with E-state index >= 15 is 0 Å². The van der Waals surface area contributed by atoms with Gasteiger partial charge in [-0.1, -0.05) is 18.2 Å². The Balaban J connectivity index is 2.96. The number of hydrogen-bond donors (Lipinski definition) is 1. The van der Waals surface area contributed by atoms with Gasteiger partial charge in [-0.25, -0.2) is 8.42 Å². The second-order valence-corrected chi connectivity index (χ2v) is 6.60. The molecule has 102 valence electrons. The van der Waals surface area contributed by atoms with Crippen molar-refractivity contribution in [2.45, 2.75) is 20.3 Å². The normalized spacial score (nSPS) is 11.6. The standard InChI is InChI=1S/C13H22N2O2S/c1-11-7-5-8-12(2)13(11)15(4)18(16,17)10-6-9-14-3/h5,7-8,14H,6,9-10H2,1-4H3. The number of hydrogen-bond acceptors (Lipinski definition) is 3. The fraction of sp³-hybridized carbons (Fsp3) is 0.538. The fourth-order valence-electron chi connectivity index (χ4n) is 2.01. The minimum Gasteiger partial charge on any atom is -0.320 e. The van der Waals surface area contributed by atoms with E-state index < -0.39 is 10.0 Å². The molecular weight excluding hydrogens is 248 g/mol. The van der Waals surface area contributed by atoms with Gasteiger partial charge in [0.15, 0.2) is 0 Å². The molecule has 0 unspecified atom stereocenters. The molecule has 0 radical (unpaired) electrons. The molecule has 0 fully saturated rings. The number of nitrogens with zero attached hydrogens (tertiary/aromatic N) is 1. The molecule has 0 atom stereocenters. The molecule has 0 aliphatic heterocycles. The smallest absolute Gasteiger partial charge is 0.234 e. The van der Waals surface area contributed by atoms with Crippen molar-refractivity contribution in [3.63, 3.8) is 0 Å². The molecular formula is C13H22N2O2S. The van der Waals surface area contributed by atoms with Crippen LogP contribution in [0.2, 0.25) is 0 Å². The average molecular weight is 270 g/mol. The van der Waals surface area contributed by atoms with Gasteiger partial charge in [-0.05, 0) is 45.0 Å². The van der Waals surface area contributed by atoms with E-state index in [9.17, 15) is 8.42 Å². The molecule has 1 N–H and O–H groups in total. The molecule has 0 bridgehead atoms. The first-order chi connectivity index (χ1) is 8.40. The van der Waals surface area contributed by atoms with Crippen molar-refractivity contribution < 1.29 is 8.42 Å². The molecule has 0 amide bonds. The summed E-state index contributed by atoms with van der Waals surface area (Å²) in [6.07, 6.45) is 0.619. The maximum atomic E-state index is 12.2. The second kappa shape index (κ2) is 6.20. The Bertz CT molecular complexity index is 477. The molecule has 0 saturated carbocycles. The van der Waals surface area contributed by atoms with Crippen molar-refractivity contribution in [2.75, 3.05) is 30.7 Å². The van der Waals surface area contributed by atoms with Gasteiger partial charge in [0.05, 0.1) is 11.4 Å². The molecule has 0 saturated heterocycles. The van der Waals surface area contributed by atoms with Crippen molar-refractivity contribution in [3.8, 4) is 0 Å². The predicted molar refractivity (Wildman–Crippen MR) is 76.6 cm³/mol. The molecule has 0 spiro atoms. The van der Waals surface area contributed by atoms with Gasteiger partial charge in [0.25, 0.3) is 0 Å². The summed E-state index contributed by atoms with van der Waals surface area (Å²) in [6.45, 7) is 4.57. The summed E-state index contributed by atoms with van der Waals surface area (Å²) in [5.41, 5.74) is 2.76. The maximum Gasteiger partial charge on any atom is 0.234 e. The lowest BCUT2D eigenvalue weighted by atomic mass is 10.1. The molecule has 18 heavy (non-hydrogen) atoms. The van der Waals surface area contributed by atoms with Gasteiger partial charge in [-0.15, -0.1) is 0 Å². The van der Waals surface area contributed by atoms with E-state index in [4.69, 9.17) is 0 Å². The van der Waals surface area contributed by atoms with Crippen LogP contribution in [0.4, 0.5) is 5.69 Å². The Morgan fingerprint density at radius 2 is 1.78 bits per heavy atom. The molecule has 0 aliphatic carbocycles. The fourth-order valence-corrected chi connectivity index (χ4v) is 3.36. The van der Waals surface area contributed by atoms with Gasteiger partial charge in [0, 0.05) is 7.05 Å². The Hall–Kier alpha value is -1.07. The molecule has 1 aromatic carbocycles. The van der Waals surface area contributed by atoms with Crippen molar-refractivity contribution in [1.82, 2.24) is 5.32 Å². The largest absolute Gasteiger partial charge is 0.320 e. The minimum atomic E-state index is -3.24. The molecule has 1 rings (SSSR count). The van der Waals surface area contributed by atoms with Crippen LogP contribution in [0.5, 0.6) is 0 Å². The Labute approximate surface area is 110 Å². The Kier molecular flexibility index (Phi) is 5.16. The van der Waals surface area contributed by atoms with E-state index in [0.29, 0.717) is 13.0 Å². The lowest BCUT2D eigenvalue weighted by Crippen LogP contribution is -2.31. The van der Waals surface area contributed by atoms with Crippen LogP contribution in [0, 0.1) is 13.8 Å². The number of rotatable bonds is 6. The van der Waals surface area contributed by atoms with Gasteiger partial charge < -0.3 is 5.32 Å². The highest BCUT2D eigenvalue weighted by molar-refractivity contribution is 7.92. The first-order valence-electron chi connectivity index (χ1n) is 6.07. The summed E-state index contributed by atoms with van der Waals surface area (Å²) >= 11 is 0. The van der Waals surface area contributed by atoms with E-state index in [2.05, 4.69) is 5.32 Å².